The smallest absolute Gasteiger partial charge is 0.338 e. The van der Waals surface area contributed by atoms with Crippen LogP contribution in [0, 0.1) is 0 Å². The van der Waals surface area contributed by atoms with E-state index in [1.165, 1.54) is 17.0 Å². The van der Waals surface area contributed by atoms with Crippen molar-refractivity contribution in [2.45, 2.75) is 36.1 Å². The summed E-state index contributed by atoms with van der Waals surface area (Å²) in [7, 11) is -3.65. The number of rotatable bonds is 3. The summed E-state index contributed by atoms with van der Waals surface area (Å²) in [5.74, 6) is -1.67. The third kappa shape index (κ3) is 5.00. The van der Waals surface area contributed by atoms with Gasteiger partial charge < -0.3 is 9.47 Å². The Kier molecular flexibility index (Phi) is 6.10. The largest absolute Gasteiger partial charge is 0.449 e. The molecule has 13 heteroatoms. The lowest BCUT2D eigenvalue weighted by Gasteiger charge is -2.34. The molecule has 1 fully saturated rings. The maximum absolute atomic E-state index is 13.8. The van der Waals surface area contributed by atoms with Gasteiger partial charge in [0.2, 0.25) is 5.82 Å². The van der Waals surface area contributed by atoms with E-state index >= 15 is 0 Å². The average Bonchev–Trinajstić information content (AvgIpc) is 3.17. The van der Waals surface area contributed by atoms with Gasteiger partial charge in [-0.25, -0.2) is 13.4 Å². The van der Waals surface area contributed by atoms with Gasteiger partial charge in [0, 0.05) is 31.0 Å². The predicted molar refractivity (Wildman–Crippen MR) is 113 cm³/mol. The number of imidazole rings is 1. The minimum Gasteiger partial charge on any atom is -0.338 e. The van der Waals surface area contributed by atoms with Crippen molar-refractivity contribution in [2.24, 2.45) is 0 Å². The Hall–Kier alpha value is -3.09. The predicted octanol–water partition coefficient (Wildman–Crippen LogP) is 4.95. The van der Waals surface area contributed by atoms with Crippen LogP contribution in [0.5, 0.6) is 0 Å². The summed E-state index contributed by atoms with van der Waals surface area (Å²) < 4.78 is 104. The van der Waals surface area contributed by atoms with Crippen LogP contribution >= 0.6 is 0 Å². The van der Waals surface area contributed by atoms with E-state index in [4.69, 9.17) is 0 Å². The van der Waals surface area contributed by atoms with Gasteiger partial charge in [-0.05, 0) is 55.3 Å². The number of carbonyl (C=O) groups is 1. The molecule has 1 saturated heterocycles. The molecule has 0 aliphatic carbocycles. The molecule has 0 spiro atoms. The molecule has 1 aliphatic heterocycles. The average molecular weight is 519 g/mol. The third-order valence-electron chi connectivity index (χ3n) is 5.92. The highest BCUT2D eigenvalue weighted by Crippen LogP contribution is 2.37. The second-order valence-electron chi connectivity index (χ2n) is 8.32. The second kappa shape index (κ2) is 8.54. The van der Waals surface area contributed by atoms with E-state index in [0.29, 0.717) is 0 Å². The normalized spacial score (nSPS) is 16.1. The number of nitrogens with zero attached hydrogens (tertiary/aromatic N) is 3. The fourth-order valence-corrected chi connectivity index (χ4v) is 4.83. The molecule has 0 radical (unpaired) electrons. The Morgan fingerprint density at radius 3 is 2.06 bits per heavy atom. The minimum atomic E-state index is -4.79. The lowest BCUT2D eigenvalue weighted by atomic mass is 10.0. The highest BCUT2D eigenvalue weighted by molar-refractivity contribution is 7.90. The first-order valence-corrected chi connectivity index (χ1v) is 12.3. The van der Waals surface area contributed by atoms with Crippen molar-refractivity contribution in [3.05, 3.63) is 59.4 Å². The Labute approximate surface area is 196 Å². The molecule has 0 saturated carbocycles. The molecule has 0 unspecified atom stereocenters. The van der Waals surface area contributed by atoms with Gasteiger partial charge in [0.05, 0.1) is 21.5 Å². The molecule has 4 rings (SSSR count). The number of alkyl halides is 6. The highest BCUT2D eigenvalue weighted by Gasteiger charge is 2.40. The topological polar surface area (TPSA) is 72.3 Å². The van der Waals surface area contributed by atoms with Crippen LogP contribution in [0.15, 0.2) is 47.4 Å². The van der Waals surface area contributed by atoms with Crippen molar-refractivity contribution in [3.8, 4) is 0 Å². The number of benzene rings is 2. The molecule has 0 N–H and O–H groups in total. The van der Waals surface area contributed by atoms with Crippen LogP contribution in [0.1, 0.15) is 40.6 Å². The first-order valence-electron chi connectivity index (χ1n) is 10.4. The van der Waals surface area contributed by atoms with Crippen molar-refractivity contribution in [2.75, 3.05) is 19.3 Å². The van der Waals surface area contributed by atoms with Crippen LogP contribution in [0.3, 0.4) is 0 Å². The summed E-state index contributed by atoms with van der Waals surface area (Å²) in [6, 6.07) is 6.68. The second-order valence-corrected chi connectivity index (χ2v) is 10.3. The van der Waals surface area contributed by atoms with E-state index in [-0.39, 0.29) is 47.4 Å². The van der Waals surface area contributed by atoms with Gasteiger partial charge in [0.1, 0.15) is 0 Å². The number of sulfone groups is 1. The SMILES string of the molecule is CS(=O)(=O)c1ccc2c(c1)nc(C(F)(F)F)n2C1CCN(C(=O)c2ccc(C(F)(F)F)cc2)CC1. The van der Waals surface area contributed by atoms with Gasteiger partial charge in [0.15, 0.2) is 9.84 Å². The number of hydrogen-bond acceptors (Lipinski definition) is 4. The van der Waals surface area contributed by atoms with Crippen molar-refractivity contribution >= 4 is 26.8 Å². The maximum atomic E-state index is 13.8. The molecule has 188 valence electrons. The summed E-state index contributed by atoms with van der Waals surface area (Å²) in [5, 5.41) is 0. The van der Waals surface area contributed by atoms with Crippen LogP contribution in [0.4, 0.5) is 26.3 Å². The van der Waals surface area contributed by atoms with Gasteiger partial charge in [-0.15, -0.1) is 0 Å². The van der Waals surface area contributed by atoms with Gasteiger partial charge in [0.25, 0.3) is 5.91 Å². The standard InChI is InChI=1S/C22H19F6N3O3S/c1-35(33,34)16-6-7-18-17(12-16)29-20(22(26,27)28)31(18)15-8-10-30(11-9-15)19(32)13-2-4-14(5-3-13)21(23,24)25/h2-7,12,15H,8-11H2,1H3. The van der Waals surface area contributed by atoms with E-state index in [2.05, 4.69) is 4.98 Å². The monoisotopic (exact) mass is 519 g/mol. The first kappa shape index (κ1) is 25.0. The quantitative estimate of drug-likeness (QED) is 0.459. The fraction of sp³-hybridized carbons (Fsp3) is 0.364. The van der Waals surface area contributed by atoms with Gasteiger partial charge in [-0.2, -0.15) is 26.3 Å². The lowest BCUT2D eigenvalue weighted by molar-refractivity contribution is -0.148. The van der Waals surface area contributed by atoms with Gasteiger partial charge in [-0.1, -0.05) is 0 Å². The van der Waals surface area contributed by atoms with Crippen LogP contribution in [-0.4, -0.2) is 48.1 Å². The van der Waals surface area contributed by atoms with Crippen LogP contribution < -0.4 is 0 Å². The van der Waals surface area contributed by atoms with Crippen molar-refractivity contribution in [1.29, 1.82) is 0 Å². The molecule has 0 atom stereocenters. The maximum Gasteiger partial charge on any atom is 0.449 e. The summed E-state index contributed by atoms with van der Waals surface area (Å²) in [4.78, 5) is 17.6. The highest BCUT2D eigenvalue weighted by atomic mass is 32.2. The number of piperidine rings is 1. The Bertz CT molecular complexity index is 1370. The Morgan fingerprint density at radius 2 is 1.54 bits per heavy atom. The van der Waals surface area contributed by atoms with E-state index in [9.17, 15) is 39.6 Å². The molecule has 1 aliphatic rings. The lowest BCUT2D eigenvalue weighted by Crippen LogP contribution is -2.39. The van der Waals surface area contributed by atoms with E-state index in [1.807, 2.05) is 0 Å². The van der Waals surface area contributed by atoms with E-state index in [0.717, 1.165) is 41.2 Å². The molecule has 2 heterocycles. The summed E-state index contributed by atoms with van der Waals surface area (Å²) in [6.45, 7) is 0.172. The number of likely N-dealkylation sites (tertiary alicyclic amines) is 1. The number of aromatic nitrogens is 2. The first-order chi connectivity index (χ1) is 16.2. The molecule has 3 aromatic rings. The van der Waals surface area contributed by atoms with Crippen LogP contribution in [-0.2, 0) is 22.2 Å². The van der Waals surface area contributed by atoms with Crippen molar-refractivity contribution < 1.29 is 39.6 Å². The molecule has 1 amide bonds. The van der Waals surface area contributed by atoms with E-state index < -0.39 is 45.5 Å². The molecule has 6 nitrogen and oxygen atoms in total. The van der Waals surface area contributed by atoms with Crippen molar-refractivity contribution in [3.63, 3.8) is 0 Å². The number of amides is 1. The number of hydrogen-bond donors (Lipinski definition) is 0. The Morgan fingerprint density at radius 1 is 0.943 bits per heavy atom. The molecule has 2 aromatic carbocycles. The molecule has 0 bridgehead atoms. The minimum absolute atomic E-state index is 0.0498. The van der Waals surface area contributed by atoms with Crippen molar-refractivity contribution in [1.82, 2.24) is 14.5 Å². The molecule has 1 aromatic heterocycles. The Balaban J connectivity index is 1.58. The molecular weight excluding hydrogens is 500 g/mol. The van der Waals surface area contributed by atoms with Gasteiger partial charge >= 0.3 is 12.4 Å². The molecular formula is C22H19F6N3O3S. The number of fused-ring (bicyclic) bond motifs is 1. The zero-order chi connectivity index (χ0) is 25.8. The van der Waals surface area contributed by atoms with Crippen LogP contribution in [0.2, 0.25) is 0 Å². The summed E-state index contributed by atoms with van der Waals surface area (Å²) >= 11 is 0. The number of carbonyl (C=O) groups excluding carboxylic acids is 1. The summed E-state index contributed by atoms with van der Waals surface area (Å²) in [5.41, 5.74) is -0.826. The number of halogens is 6. The summed E-state index contributed by atoms with van der Waals surface area (Å²) in [6.07, 6.45) is -8.09. The molecule has 35 heavy (non-hydrogen) atoms. The van der Waals surface area contributed by atoms with Gasteiger partial charge in [-0.3, -0.25) is 4.79 Å². The third-order valence-corrected chi connectivity index (χ3v) is 7.03. The van der Waals surface area contributed by atoms with Crippen LogP contribution in [0.25, 0.3) is 11.0 Å². The fourth-order valence-electron chi connectivity index (χ4n) is 4.19. The van der Waals surface area contributed by atoms with E-state index in [1.54, 1.807) is 0 Å². The zero-order valence-corrected chi connectivity index (χ0v) is 19.0. The zero-order valence-electron chi connectivity index (χ0n) is 18.2.